The highest BCUT2D eigenvalue weighted by atomic mass is 32.2. The topological polar surface area (TPSA) is 151 Å². The molecule has 13 heavy (non-hydrogen) atoms. The summed E-state index contributed by atoms with van der Waals surface area (Å²) >= 11 is 0. The van der Waals surface area contributed by atoms with Gasteiger partial charge in [0.1, 0.15) is 0 Å². The Hall–Kier alpha value is -1.52. The average molecular weight is 207 g/mol. The van der Waals surface area contributed by atoms with Crippen LogP contribution in [0.15, 0.2) is 14.6 Å². The Kier molecular flexibility index (Phi) is 2.27. The van der Waals surface area contributed by atoms with E-state index >= 15 is 0 Å². The van der Waals surface area contributed by atoms with E-state index in [1.807, 2.05) is 0 Å². The van der Waals surface area contributed by atoms with E-state index in [0.717, 1.165) is 0 Å². The Labute approximate surface area is 71.0 Å². The standard InChI is InChI=1S/C3H5N5O4S/c4-8-13(11,12)2-1(9)5-3(10)7-6-2/h8H,4H2,(H2,5,7,9,10). The third kappa shape index (κ3) is 1.80. The van der Waals surface area contributed by atoms with Gasteiger partial charge in [0.2, 0.25) is 0 Å². The summed E-state index contributed by atoms with van der Waals surface area (Å²) in [5.74, 6) is 4.62. The zero-order valence-corrected chi connectivity index (χ0v) is 6.88. The molecule has 0 saturated heterocycles. The van der Waals surface area contributed by atoms with Gasteiger partial charge in [-0.2, -0.15) is 5.10 Å². The second kappa shape index (κ2) is 3.08. The molecule has 1 heterocycles. The molecule has 1 rings (SSSR count). The molecule has 0 saturated carbocycles. The molecule has 0 atom stereocenters. The summed E-state index contributed by atoms with van der Waals surface area (Å²) < 4.78 is 21.8. The van der Waals surface area contributed by atoms with Crippen molar-refractivity contribution >= 4 is 10.0 Å². The van der Waals surface area contributed by atoms with Crippen LogP contribution in [0.25, 0.3) is 0 Å². The van der Waals surface area contributed by atoms with Crippen molar-refractivity contribution in [3.8, 4) is 0 Å². The van der Waals surface area contributed by atoms with E-state index in [1.165, 1.54) is 4.83 Å². The van der Waals surface area contributed by atoms with Crippen LogP contribution in [-0.2, 0) is 10.0 Å². The molecule has 1 aromatic heterocycles. The highest BCUT2D eigenvalue weighted by Gasteiger charge is 2.18. The number of aromatic amines is 2. The van der Waals surface area contributed by atoms with Crippen LogP contribution in [-0.4, -0.2) is 23.6 Å². The minimum atomic E-state index is -4.14. The van der Waals surface area contributed by atoms with Crippen molar-refractivity contribution in [2.45, 2.75) is 5.03 Å². The van der Waals surface area contributed by atoms with Gasteiger partial charge in [-0.05, 0) is 0 Å². The van der Waals surface area contributed by atoms with E-state index in [2.05, 4.69) is 10.9 Å². The number of H-pyrrole nitrogens is 2. The van der Waals surface area contributed by atoms with Crippen LogP contribution < -0.4 is 21.9 Å². The lowest BCUT2D eigenvalue weighted by atomic mass is 10.8. The lowest BCUT2D eigenvalue weighted by Gasteiger charge is -1.96. The first-order chi connectivity index (χ1) is 5.97. The number of nitrogens with zero attached hydrogens (tertiary/aromatic N) is 1. The smallest absolute Gasteiger partial charge is 0.270 e. The number of rotatable bonds is 2. The SMILES string of the molecule is NNS(=O)(=O)c1n[nH]c(=O)[nH]c1=O. The van der Waals surface area contributed by atoms with Crippen molar-refractivity contribution in [2.24, 2.45) is 5.84 Å². The first-order valence-electron chi connectivity index (χ1n) is 2.89. The Balaban J connectivity index is 3.51. The summed E-state index contributed by atoms with van der Waals surface area (Å²) in [6.07, 6.45) is 0. The van der Waals surface area contributed by atoms with Gasteiger partial charge in [-0.25, -0.2) is 18.3 Å². The summed E-state index contributed by atoms with van der Waals surface area (Å²) in [4.78, 5) is 24.3. The number of hydrogen-bond acceptors (Lipinski definition) is 6. The number of aromatic nitrogens is 3. The van der Waals surface area contributed by atoms with Gasteiger partial charge in [0.15, 0.2) is 0 Å². The van der Waals surface area contributed by atoms with Crippen LogP contribution in [0.2, 0.25) is 0 Å². The number of nitrogens with two attached hydrogens (primary N) is 1. The predicted octanol–water partition coefficient (Wildman–Crippen LogP) is -3.39. The monoisotopic (exact) mass is 207 g/mol. The van der Waals surface area contributed by atoms with Gasteiger partial charge in [0.05, 0.1) is 0 Å². The van der Waals surface area contributed by atoms with Crippen molar-refractivity contribution in [1.82, 2.24) is 20.0 Å². The summed E-state index contributed by atoms with van der Waals surface area (Å²) in [5.41, 5.74) is -2.04. The maximum absolute atomic E-state index is 10.9. The van der Waals surface area contributed by atoms with E-state index in [9.17, 15) is 18.0 Å². The Morgan fingerprint density at radius 1 is 1.38 bits per heavy atom. The van der Waals surface area contributed by atoms with Gasteiger partial charge >= 0.3 is 5.69 Å². The Morgan fingerprint density at radius 3 is 2.46 bits per heavy atom. The molecule has 0 radical (unpaired) electrons. The van der Waals surface area contributed by atoms with E-state index in [1.54, 1.807) is 10.1 Å². The Bertz CT molecular complexity index is 511. The minimum Gasteiger partial charge on any atom is -0.270 e. The van der Waals surface area contributed by atoms with E-state index < -0.39 is 26.3 Å². The third-order valence-electron chi connectivity index (χ3n) is 1.09. The molecule has 0 unspecified atom stereocenters. The number of hydrazine groups is 1. The second-order valence-electron chi connectivity index (χ2n) is 1.93. The molecule has 5 N–H and O–H groups in total. The van der Waals surface area contributed by atoms with Gasteiger partial charge in [-0.3, -0.25) is 15.6 Å². The summed E-state index contributed by atoms with van der Waals surface area (Å²) in [6, 6.07) is 0. The number of nitrogens with one attached hydrogen (secondary N) is 3. The normalized spacial score (nSPS) is 11.5. The molecule has 0 fully saturated rings. The molecule has 72 valence electrons. The molecule has 9 nitrogen and oxygen atoms in total. The van der Waals surface area contributed by atoms with Crippen LogP contribution >= 0.6 is 0 Å². The van der Waals surface area contributed by atoms with Gasteiger partial charge in [0, 0.05) is 0 Å². The van der Waals surface area contributed by atoms with Crippen molar-refractivity contribution in [2.75, 3.05) is 0 Å². The maximum atomic E-state index is 10.9. The summed E-state index contributed by atoms with van der Waals surface area (Å²) in [6.45, 7) is 0. The largest absolute Gasteiger partial charge is 0.342 e. The molecule has 0 bridgehead atoms. The molecule has 0 aliphatic heterocycles. The lowest BCUT2D eigenvalue weighted by Crippen LogP contribution is -2.38. The molecule has 0 aliphatic carbocycles. The molecule has 1 aromatic rings. The molecular formula is C3H5N5O4S. The molecule has 0 aromatic carbocycles. The van der Waals surface area contributed by atoms with Gasteiger partial charge in [-0.1, -0.05) is 0 Å². The van der Waals surface area contributed by atoms with E-state index in [-0.39, 0.29) is 0 Å². The molecule has 10 heteroatoms. The Morgan fingerprint density at radius 2 is 2.00 bits per heavy atom. The van der Waals surface area contributed by atoms with Crippen LogP contribution in [0.4, 0.5) is 0 Å². The first-order valence-corrected chi connectivity index (χ1v) is 4.37. The summed E-state index contributed by atoms with van der Waals surface area (Å²) in [5, 5.41) is 3.86. The highest BCUT2D eigenvalue weighted by Crippen LogP contribution is 1.89. The predicted molar refractivity (Wildman–Crippen MR) is 40.0 cm³/mol. The van der Waals surface area contributed by atoms with Crippen molar-refractivity contribution in [3.63, 3.8) is 0 Å². The van der Waals surface area contributed by atoms with Crippen LogP contribution in [0.3, 0.4) is 0 Å². The van der Waals surface area contributed by atoms with Gasteiger partial charge in [0.25, 0.3) is 20.6 Å². The minimum absolute atomic E-state index is 0.894. The van der Waals surface area contributed by atoms with Crippen LogP contribution in [0.1, 0.15) is 0 Å². The highest BCUT2D eigenvalue weighted by molar-refractivity contribution is 7.89. The summed E-state index contributed by atoms with van der Waals surface area (Å²) in [7, 11) is -4.14. The fourth-order valence-corrected chi connectivity index (χ4v) is 1.15. The average Bonchev–Trinajstić information content (AvgIpc) is 2.03. The fourth-order valence-electron chi connectivity index (χ4n) is 0.575. The maximum Gasteiger partial charge on any atom is 0.342 e. The van der Waals surface area contributed by atoms with E-state index in [0.29, 0.717) is 0 Å². The van der Waals surface area contributed by atoms with Gasteiger partial charge in [-0.15, -0.1) is 4.83 Å². The first kappa shape index (κ1) is 9.57. The molecule has 0 amide bonds. The van der Waals surface area contributed by atoms with Crippen LogP contribution in [0.5, 0.6) is 0 Å². The van der Waals surface area contributed by atoms with Crippen LogP contribution in [0, 0.1) is 0 Å². The quantitative estimate of drug-likeness (QED) is 0.293. The third-order valence-corrected chi connectivity index (χ3v) is 2.19. The zero-order chi connectivity index (χ0) is 10.1. The fraction of sp³-hybridized carbons (Fsp3) is 0. The van der Waals surface area contributed by atoms with E-state index in [4.69, 9.17) is 0 Å². The lowest BCUT2D eigenvalue weighted by molar-refractivity contribution is 0.573. The van der Waals surface area contributed by atoms with Gasteiger partial charge < -0.3 is 0 Å². The van der Waals surface area contributed by atoms with Crippen molar-refractivity contribution < 1.29 is 8.42 Å². The number of hydrogen-bond donors (Lipinski definition) is 4. The molecule has 0 aliphatic rings. The zero-order valence-electron chi connectivity index (χ0n) is 6.07. The number of sulfonamides is 1. The second-order valence-corrected chi connectivity index (χ2v) is 3.56. The van der Waals surface area contributed by atoms with Crippen molar-refractivity contribution in [1.29, 1.82) is 0 Å². The molecular weight excluding hydrogens is 202 g/mol. The molecule has 0 spiro atoms. The van der Waals surface area contributed by atoms with Crippen molar-refractivity contribution in [3.05, 3.63) is 20.8 Å².